The van der Waals surface area contributed by atoms with E-state index in [4.69, 9.17) is 20.8 Å². The van der Waals surface area contributed by atoms with Gasteiger partial charge in [0.05, 0.1) is 0 Å². The van der Waals surface area contributed by atoms with Crippen LogP contribution in [0.4, 0.5) is 0 Å². The summed E-state index contributed by atoms with van der Waals surface area (Å²) in [6.45, 7) is 0. The van der Waals surface area contributed by atoms with Gasteiger partial charge in [0, 0.05) is 4.90 Å². The van der Waals surface area contributed by atoms with Crippen molar-refractivity contribution in [2.75, 3.05) is 0 Å². The number of rotatable bonds is 0. The first-order valence-corrected chi connectivity index (χ1v) is 3.13. The number of phenolic OH excluding ortho intramolecular Hbond substituents is 1. The van der Waals surface area contributed by atoms with Crippen LogP contribution in [0.2, 0.25) is 0 Å². The second-order valence-electron chi connectivity index (χ2n) is 1.97. The van der Waals surface area contributed by atoms with Crippen LogP contribution in [0.25, 0.3) is 0 Å². The highest BCUT2D eigenvalue weighted by Gasteiger charge is 1.98. The van der Waals surface area contributed by atoms with Crippen LogP contribution >= 0.6 is 12.6 Å². The van der Waals surface area contributed by atoms with Crippen LogP contribution in [-0.2, 0) is 0 Å². The van der Waals surface area contributed by atoms with Crippen molar-refractivity contribution in [2.45, 2.75) is 4.90 Å². The van der Waals surface area contributed by atoms with Gasteiger partial charge >= 0.3 is 0 Å². The van der Waals surface area contributed by atoms with Gasteiger partial charge < -0.3 is 5.11 Å². The highest BCUT2D eigenvalue weighted by molar-refractivity contribution is 7.80. The van der Waals surface area contributed by atoms with Gasteiger partial charge in [-0.1, -0.05) is 17.0 Å². The molecule has 0 bridgehead atoms. The number of aromatic hydroxyl groups is 1. The zero-order chi connectivity index (χ0) is 7.72. The first-order chi connectivity index (χ1) is 4.61. The Bertz CT molecular complexity index is 239. The van der Waals surface area contributed by atoms with E-state index in [9.17, 15) is 0 Å². The summed E-state index contributed by atoms with van der Waals surface area (Å²) in [6, 6.07) is 3.02. The van der Waals surface area contributed by atoms with Gasteiger partial charge in [0.2, 0.25) is 0 Å². The predicted molar refractivity (Wildman–Crippen MR) is 46.1 cm³/mol. The molecule has 0 unspecified atom stereocenters. The minimum absolute atomic E-state index is 0.0231. The number of hydrogen-bond acceptors (Lipinski definition) is 2. The van der Waals surface area contributed by atoms with Crippen LogP contribution in [0.5, 0.6) is 5.75 Å². The average molecular weight is 146 g/mol. The van der Waals surface area contributed by atoms with Crippen LogP contribution in [0.15, 0.2) is 17.0 Å². The Morgan fingerprint density at radius 1 is 1.30 bits per heavy atom. The van der Waals surface area contributed by atoms with Crippen molar-refractivity contribution in [3.63, 3.8) is 0 Å². The van der Waals surface area contributed by atoms with Crippen LogP contribution in [-0.4, -0.2) is 20.8 Å². The fourth-order valence-electron chi connectivity index (χ4n) is 0.644. The maximum atomic E-state index is 9.03. The summed E-state index contributed by atoms with van der Waals surface area (Å²) in [4.78, 5) is 0.601. The standard InChI is InChI=1S/C6H4B2OS/c7-4-1-3(10)2-5(9)6(4)8/h1-2,9-10H. The van der Waals surface area contributed by atoms with Gasteiger partial charge in [-0.3, -0.25) is 0 Å². The third-order valence-electron chi connectivity index (χ3n) is 1.17. The molecule has 1 nitrogen and oxygen atoms in total. The molecule has 0 aliphatic heterocycles. The number of thiol groups is 1. The Kier molecular flexibility index (Phi) is 2.00. The van der Waals surface area contributed by atoms with E-state index < -0.39 is 0 Å². The molecule has 1 aromatic rings. The van der Waals surface area contributed by atoms with E-state index in [0.29, 0.717) is 10.4 Å². The molecule has 1 rings (SSSR count). The Morgan fingerprint density at radius 2 is 1.90 bits per heavy atom. The van der Waals surface area contributed by atoms with E-state index in [-0.39, 0.29) is 11.2 Å². The Hall–Kier alpha value is -0.500. The largest absolute Gasteiger partial charge is 0.509 e. The lowest BCUT2D eigenvalue weighted by Crippen LogP contribution is -2.25. The van der Waals surface area contributed by atoms with Crippen molar-refractivity contribution in [2.24, 2.45) is 0 Å². The molecule has 0 saturated heterocycles. The van der Waals surface area contributed by atoms with Crippen LogP contribution in [0.1, 0.15) is 0 Å². The van der Waals surface area contributed by atoms with E-state index >= 15 is 0 Å². The average Bonchev–Trinajstić information content (AvgIpc) is 1.82. The third-order valence-corrected chi connectivity index (χ3v) is 1.43. The van der Waals surface area contributed by atoms with Gasteiger partial charge in [-0.25, -0.2) is 0 Å². The second-order valence-corrected chi connectivity index (χ2v) is 2.48. The first-order valence-electron chi connectivity index (χ1n) is 2.68. The Morgan fingerprint density at radius 3 is 2.40 bits per heavy atom. The van der Waals surface area contributed by atoms with Crippen LogP contribution in [0.3, 0.4) is 0 Å². The summed E-state index contributed by atoms with van der Waals surface area (Å²) in [5.74, 6) is -0.0231. The molecule has 0 aliphatic carbocycles. The maximum Gasteiger partial charge on any atom is 0.118 e. The minimum Gasteiger partial charge on any atom is -0.509 e. The molecule has 4 radical (unpaired) electrons. The van der Waals surface area contributed by atoms with Gasteiger partial charge in [-0.05, 0) is 6.07 Å². The van der Waals surface area contributed by atoms with E-state index in [1.807, 2.05) is 0 Å². The molecule has 0 atom stereocenters. The van der Waals surface area contributed by atoms with Crippen molar-refractivity contribution in [1.82, 2.24) is 0 Å². The molecular weight excluding hydrogens is 142 g/mol. The topological polar surface area (TPSA) is 20.2 Å². The van der Waals surface area contributed by atoms with E-state index in [1.54, 1.807) is 6.07 Å². The molecular formula is C6H4B2OS. The monoisotopic (exact) mass is 146 g/mol. The zero-order valence-corrected chi connectivity index (χ0v) is 6.10. The van der Waals surface area contributed by atoms with Crippen molar-refractivity contribution >= 4 is 39.2 Å². The SMILES string of the molecule is [B]c1cc(S)cc(O)c1[B]. The maximum absolute atomic E-state index is 9.03. The first kappa shape index (κ1) is 7.61. The summed E-state index contributed by atoms with van der Waals surface area (Å²) in [5.41, 5.74) is 0.558. The van der Waals surface area contributed by atoms with Crippen LogP contribution in [0, 0.1) is 0 Å². The van der Waals surface area contributed by atoms with Crippen molar-refractivity contribution in [3.8, 4) is 5.75 Å². The molecule has 0 heterocycles. The fourth-order valence-corrected chi connectivity index (χ4v) is 0.906. The van der Waals surface area contributed by atoms with Crippen molar-refractivity contribution in [3.05, 3.63) is 12.1 Å². The summed E-state index contributed by atoms with van der Waals surface area (Å²) in [7, 11) is 10.7. The lowest BCUT2D eigenvalue weighted by molar-refractivity contribution is 0.478. The van der Waals surface area contributed by atoms with Crippen molar-refractivity contribution in [1.29, 1.82) is 0 Å². The molecule has 1 N–H and O–H groups in total. The quantitative estimate of drug-likeness (QED) is 0.365. The molecule has 0 fully saturated rings. The molecule has 4 heteroatoms. The van der Waals surface area contributed by atoms with E-state index in [0.717, 1.165) is 0 Å². The Balaban J connectivity index is 3.31. The van der Waals surface area contributed by atoms with Crippen molar-refractivity contribution < 1.29 is 5.11 Å². The minimum atomic E-state index is -0.0231. The van der Waals surface area contributed by atoms with Gasteiger partial charge in [-0.2, -0.15) is 0 Å². The third kappa shape index (κ3) is 1.32. The summed E-state index contributed by atoms with van der Waals surface area (Å²) in [6.07, 6.45) is 0. The molecule has 1 aromatic carbocycles. The van der Waals surface area contributed by atoms with E-state index in [1.165, 1.54) is 6.07 Å². The van der Waals surface area contributed by atoms with E-state index in [2.05, 4.69) is 12.6 Å². The smallest absolute Gasteiger partial charge is 0.118 e. The molecule has 0 spiro atoms. The van der Waals surface area contributed by atoms with Gasteiger partial charge in [0.15, 0.2) is 0 Å². The molecule has 46 valence electrons. The molecule has 0 aromatic heterocycles. The summed E-state index contributed by atoms with van der Waals surface area (Å²) >= 11 is 3.98. The number of phenols is 1. The fraction of sp³-hybridized carbons (Fsp3) is 0. The highest BCUT2D eigenvalue weighted by Crippen LogP contribution is 2.08. The highest BCUT2D eigenvalue weighted by atomic mass is 32.1. The molecule has 0 saturated carbocycles. The molecule has 0 aliphatic rings. The normalized spacial score (nSPS) is 9.70. The molecule has 10 heavy (non-hydrogen) atoms. The van der Waals surface area contributed by atoms with Gasteiger partial charge in [-0.15, -0.1) is 12.6 Å². The second kappa shape index (κ2) is 2.62. The molecule has 0 amide bonds. The number of hydrogen-bond donors (Lipinski definition) is 2. The zero-order valence-electron chi connectivity index (χ0n) is 5.20. The Labute approximate surface area is 67.7 Å². The summed E-state index contributed by atoms with van der Waals surface area (Å²) < 4.78 is 0. The van der Waals surface area contributed by atoms with Gasteiger partial charge in [0.25, 0.3) is 0 Å². The van der Waals surface area contributed by atoms with Gasteiger partial charge in [0.1, 0.15) is 21.4 Å². The predicted octanol–water partition coefficient (Wildman–Crippen LogP) is -0.732. The lowest BCUT2D eigenvalue weighted by Gasteiger charge is -2.03. The lowest BCUT2D eigenvalue weighted by atomic mass is 9.80. The summed E-state index contributed by atoms with van der Waals surface area (Å²) in [5, 5.41) is 9.03. The van der Waals surface area contributed by atoms with Crippen LogP contribution < -0.4 is 10.9 Å². The number of benzene rings is 1.